The highest BCUT2D eigenvalue weighted by Crippen LogP contribution is 2.39. The van der Waals surface area contributed by atoms with Crippen molar-refractivity contribution in [3.05, 3.63) is 60.4 Å². The lowest BCUT2D eigenvalue weighted by molar-refractivity contribution is -0.129. The molecule has 9 heteroatoms. The number of rotatable bonds is 8. The van der Waals surface area contributed by atoms with Crippen molar-refractivity contribution in [1.82, 2.24) is 25.1 Å². The lowest BCUT2D eigenvalue weighted by Gasteiger charge is -2.28. The number of anilines is 1. The fourth-order valence-corrected chi connectivity index (χ4v) is 4.04. The summed E-state index contributed by atoms with van der Waals surface area (Å²) in [5, 5.41) is 14.1. The van der Waals surface area contributed by atoms with Crippen molar-refractivity contribution >= 4 is 17.5 Å². The second-order valence-corrected chi connectivity index (χ2v) is 7.76. The molecule has 0 unspecified atom stereocenters. The van der Waals surface area contributed by atoms with Crippen LogP contribution < -0.4 is 10.1 Å². The van der Waals surface area contributed by atoms with Gasteiger partial charge in [-0.2, -0.15) is 0 Å². The molecule has 2 aromatic carbocycles. The zero-order valence-electron chi connectivity index (χ0n) is 18.1. The molecule has 1 aliphatic rings. The Morgan fingerprint density at radius 2 is 1.91 bits per heavy atom. The van der Waals surface area contributed by atoms with Gasteiger partial charge >= 0.3 is 0 Å². The Bertz CT molecular complexity index is 1050. The van der Waals surface area contributed by atoms with Gasteiger partial charge in [0.1, 0.15) is 12.1 Å². The SMILES string of the molecule is CCCCN1C(=O)C[C@H](C(=O)Nc2ccc(-n3cnnn3)cc2)[C@@H]1c1ccc(OC)cc1. The van der Waals surface area contributed by atoms with Crippen LogP contribution in [0.5, 0.6) is 5.75 Å². The molecule has 2 amide bonds. The summed E-state index contributed by atoms with van der Waals surface area (Å²) in [4.78, 5) is 27.9. The van der Waals surface area contributed by atoms with E-state index in [0.29, 0.717) is 12.2 Å². The number of aromatic nitrogens is 4. The van der Waals surface area contributed by atoms with Crippen LogP contribution >= 0.6 is 0 Å². The third-order valence-corrected chi connectivity index (χ3v) is 5.73. The van der Waals surface area contributed by atoms with Crippen LogP contribution in [0, 0.1) is 5.92 Å². The Morgan fingerprint density at radius 1 is 1.16 bits per heavy atom. The maximum absolute atomic E-state index is 13.2. The molecule has 9 nitrogen and oxygen atoms in total. The van der Waals surface area contributed by atoms with Gasteiger partial charge in [0, 0.05) is 18.7 Å². The fourth-order valence-electron chi connectivity index (χ4n) is 4.04. The van der Waals surface area contributed by atoms with E-state index in [1.54, 1.807) is 19.2 Å². The minimum atomic E-state index is -0.480. The van der Waals surface area contributed by atoms with Crippen molar-refractivity contribution in [3.63, 3.8) is 0 Å². The van der Waals surface area contributed by atoms with Crippen LogP contribution in [-0.4, -0.2) is 50.6 Å². The van der Waals surface area contributed by atoms with Crippen LogP contribution in [-0.2, 0) is 9.59 Å². The van der Waals surface area contributed by atoms with E-state index in [-0.39, 0.29) is 24.3 Å². The van der Waals surface area contributed by atoms with Gasteiger partial charge in [-0.25, -0.2) is 4.68 Å². The normalized spacial score (nSPS) is 18.1. The van der Waals surface area contributed by atoms with Crippen LogP contribution in [0.1, 0.15) is 37.8 Å². The predicted molar refractivity (Wildman–Crippen MR) is 118 cm³/mol. The van der Waals surface area contributed by atoms with E-state index in [1.807, 2.05) is 41.3 Å². The first-order valence-corrected chi connectivity index (χ1v) is 10.7. The standard InChI is InChI=1S/C23H26N6O3/c1-3-4-13-28-21(30)14-20(22(28)16-5-11-19(32-2)12-6-16)23(31)25-17-7-9-18(10-8-17)29-15-24-26-27-29/h5-12,15,20,22H,3-4,13-14H2,1-2H3,(H,25,31)/t20-,22-/m0/s1. The van der Waals surface area contributed by atoms with Gasteiger partial charge < -0.3 is 15.0 Å². The molecule has 0 spiro atoms. The number of nitrogens with zero attached hydrogens (tertiary/aromatic N) is 5. The number of tetrazole rings is 1. The van der Waals surface area contributed by atoms with Gasteiger partial charge in [-0.1, -0.05) is 25.5 Å². The zero-order valence-corrected chi connectivity index (χ0v) is 18.1. The molecular formula is C23H26N6O3. The molecular weight excluding hydrogens is 408 g/mol. The number of nitrogens with one attached hydrogen (secondary N) is 1. The van der Waals surface area contributed by atoms with Crippen molar-refractivity contribution < 1.29 is 14.3 Å². The van der Waals surface area contributed by atoms with E-state index < -0.39 is 5.92 Å². The molecule has 4 rings (SSSR count). The van der Waals surface area contributed by atoms with E-state index in [4.69, 9.17) is 4.74 Å². The number of unbranched alkanes of at least 4 members (excludes halogenated alkanes) is 1. The molecule has 1 saturated heterocycles. The summed E-state index contributed by atoms with van der Waals surface area (Å²) in [7, 11) is 1.61. The molecule has 1 aromatic heterocycles. The first-order valence-electron chi connectivity index (χ1n) is 10.7. The van der Waals surface area contributed by atoms with E-state index in [9.17, 15) is 9.59 Å². The molecule has 3 aromatic rings. The lowest BCUT2D eigenvalue weighted by Crippen LogP contribution is -2.33. The summed E-state index contributed by atoms with van der Waals surface area (Å²) >= 11 is 0. The maximum atomic E-state index is 13.2. The third kappa shape index (κ3) is 4.46. The van der Waals surface area contributed by atoms with Crippen molar-refractivity contribution in [2.75, 3.05) is 19.0 Å². The van der Waals surface area contributed by atoms with Crippen LogP contribution in [0.25, 0.3) is 5.69 Å². The van der Waals surface area contributed by atoms with Crippen molar-refractivity contribution in [3.8, 4) is 11.4 Å². The maximum Gasteiger partial charge on any atom is 0.230 e. The topological polar surface area (TPSA) is 102 Å². The molecule has 1 N–H and O–H groups in total. The first-order chi connectivity index (χ1) is 15.6. The molecule has 0 radical (unpaired) electrons. The minimum absolute atomic E-state index is 0.00782. The van der Waals surface area contributed by atoms with Gasteiger partial charge in [0.05, 0.1) is 24.8 Å². The van der Waals surface area contributed by atoms with Gasteiger partial charge in [0.2, 0.25) is 11.8 Å². The largest absolute Gasteiger partial charge is 0.497 e. The summed E-state index contributed by atoms with van der Waals surface area (Å²) in [6.07, 6.45) is 3.56. The molecule has 1 fully saturated rings. The molecule has 0 saturated carbocycles. The molecule has 2 atom stereocenters. The summed E-state index contributed by atoms with van der Waals surface area (Å²) in [6.45, 7) is 2.72. The number of carbonyl (C=O) groups excluding carboxylic acids is 2. The number of likely N-dealkylation sites (tertiary alicyclic amines) is 1. The Hall–Kier alpha value is -3.75. The third-order valence-electron chi connectivity index (χ3n) is 5.73. The second-order valence-electron chi connectivity index (χ2n) is 7.76. The number of ether oxygens (including phenoxy) is 1. The summed E-state index contributed by atoms with van der Waals surface area (Å²) < 4.78 is 6.79. The second kappa shape index (κ2) is 9.59. The monoisotopic (exact) mass is 434 g/mol. The van der Waals surface area contributed by atoms with Crippen LogP contribution in [0.3, 0.4) is 0 Å². The smallest absolute Gasteiger partial charge is 0.230 e. The predicted octanol–water partition coefficient (Wildman–Crippen LogP) is 3.00. The van der Waals surface area contributed by atoms with E-state index in [2.05, 4.69) is 27.8 Å². The number of benzene rings is 2. The van der Waals surface area contributed by atoms with Gasteiger partial charge in [-0.3, -0.25) is 9.59 Å². The van der Waals surface area contributed by atoms with E-state index in [1.165, 1.54) is 11.0 Å². The zero-order chi connectivity index (χ0) is 22.5. The minimum Gasteiger partial charge on any atom is -0.497 e. The molecule has 1 aliphatic heterocycles. The van der Waals surface area contributed by atoms with Crippen molar-refractivity contribution in [2.45, 2.75) is 32.2 Å². The average molecular weight is 435 g/mol. The van der Waals surface area contributed by atoms with Crippen LogP contribution in [0.4, 0.5) is 5.69 Å². The van der Waals surface area contributed by atoms with Gasteiger partial charge in [-0.15, -0.1) is 5.10 Å². The first kappa shape index (κ1) is 21.5. The Morgan fingerprint density at radius 3 is 2.53 bits per heavy atom. The summed E-state index contributed by atoms with van der Waals surface area (Å²) in [6, 6.07) is 14.5. The van der Waals surface area contributed by atoms with Gasteiger partial charge in [-0.05, 0) is 58.8 Å². The number of hydrogen-bond acceptors (Lipinski definition) is 6. The number of amides is 2. The van der Waals surface area contributed by atoms with Gasteiger partial charge in [0.15, 0.2) is 0 Å². The van der Waals surface area contributed by atoms with E-state index >= 15 is 0 Å². The number of carbonyl (C=O) groups is 2. The van der Waals surface area contributed by atoms with Crippen LogP contribution in [0.15, 0.2) is 54.9 Å². The highest BCUT2D eigenvalue weighted by molar-refractivity contribution is 5.98. The fraction of sp³-hybridized carbons (Fsp3) is 0.348. The van der Waals surface area contributed by atoms with Crippen molar-refractivity contribution in [1.29, 1.82) is 0 Å². The molecule has 0 bridgehead atoms. The molecule has 2 heterocycles. The Labute approximate surface area is 186 Å². The summed E-state index contributed by atoms with van der Waals surface area (Å²) in [5.74, 6) is 0.0931. The quantitative estimate of drug-likeness (QED) is 0.585. The molecule has 32 heavy (non-hydrogen) atoms. The van der Waals surface area contributed by atoms with Crippen LogP contribution in [0.2, 0.25) is 0 Å². The van der Waals surface area contributed by atoms with Crippen molar-refractivity contribution in [2.24, 2.45) is 5.92 Å². The molecule has 0 aliphatic carbocycles. The molecule has 166 valence electrons. The average Bonchev–Trinajstić information content (AvgIpc) is 3.46. The lowest BCUT2D eigenvalue weighted by atomic mass is 9.92. The Kier molecular flexibility index (Phi) is 6.44. The van der Waals surface area contributed by atoms with Gasteiger partial charge in [0.25, 0.3) is 0 Å². The highest BCUT2D eigenvalue weighted by Gasteiger charge is 2.44. The Balaban J connectivity index is 1.55. The highest BCUT2D eigenvalue weighted by atomic mass is 16.5. The number of methoxy groups -OCH3 is 1. The number of hydrogen-bond donors (Lipinski definition) is 1. The van der Waals surface area contributed by atoms with E-state index in [0.717, 1.165) is 29.8 Å². The summed E-state index contributed by atoms with van der Waals surface area (Å²) in [5.41, 5.74) is 2.37.